The van der Waals surface area contributed by atoms with Crippen molar-refractivity contribution in [3.05, 3.63) is 72.7 Å². The standard InChI is InChI=1S/C38H44N8O4/c1-37(2,3)49-35(47)45-17-7-9-31(45)33-41-22-30(44-33)25-13-15-27(40-21-25)24-12-14-26(39-20-24)23-11-16-28-29(19-23)43-34(42-28)32-10-8-18-46(32)36(48)50-38(4,5)6/h11-16,19-22,31-32H,7-10,17-18H2,1-6H3,(H,41,44)(H,42,43)/t31-,32-/m0/s1. The summed E-state index contributed by atoms with van der Waals surface area (Å²) in [5, 5.41) is 0. The number of ether oxygens (including phenoxy) is 2. The van der Waals surface area contributed by atoms with Crippen LogP contribution in [0.5, 0.6) is 0 Å². The first-order valence-corrected chi connectivity index (χ1v) is 17.3. The zero-order valence-electron chi connectivity index (χ0n) is 29.5. The molecule has 2 N–H and O–H groups in total. The zero-order chi connectivity index (χ0) is 35.2. The van der Waals surface area contributed by atoms with E-state index in [1.165, 1.54) is 0 Å². The van der Waals surface area contributed by atoms with E-state index in [9.17, 15) is 9.59 Å². The molecule has 2 atom stereocenters. The molecule has 5 aromatic rings. The van der Waals surface area contributed by atoms with Gasteiger partial charge in [0.2, 0.25) is 0 Å². The van der Waals surface area contributed by atoms with Crippen molar-refractivity contribution in [3.63, 3.8) is 0 Å². The number of imidazole rings is 2. The van der Waals surface area contributed by atoms with Crippen molar-refractivity contribution in [2.24, 2.45) is 0 Å². The summed E-state index contributed by atoms with van der Waals surface area (Å²) in [5.41, 5.74) is 5.85. The first-order chi connectivity index (χ1) is 23.8. The summed E-state index contributed by atoms with van der Waals surface area (Å²) in [4.78, 5) is 55.0. The maximum Gasteiger partial charge on any atom is 0.410 e. The maximum atomic E-state index is 12.8. The number of nitrogens with one attached hydrogen (secondary N) is 2. The van der Waals surface area contributed by atoms with Gasteiger partial charge in [0.1, 0.15) is 22.9 Å². The number of aromatic amines is 2. The lowest BCUT2D eigenvalue weighted by molar-refractivity contribution is 0.0208. The number of aromatic nitrogens is 6. The van der Waals surface area contributed by atoms with Gasteiger partial charge in [-0.1, -0.05) is 6.07 Å². The molecule has 1 aromatic carbocycles. The van der Waals surface area contributed by atoms with Gasteiger partial charge in [-0.25, -0.2) is 19.6 Å². The fourth-order valence-corrected chi connectivity index (χ4v) is 6.62. The number of likely N-dealkylation sites (tertiary alicyclic amines) is 2. The average Bonchev–Trinajstić information content (AvgIpc) is 3.88. The van der Waals surface area contributed by atoms with E-state index in [1.807, 2.05) is 96.4 Å². The molecule has 0 radical (unpaired) electrons. The summed E-state index contributed by atoms with van der Waals surface area (Å²) >= 11 is 0. The van der Waals surface area contributed by atoms with Crippen LogP contribution in [0, 0.1) is 0 Å². The number of carbonyl (C=O) groups is 2. The number of benzene rings is 1. The highest BCUT2D eigenvalue weighted by atomic mass is 16.6. The summed E-state index contributed by atoms with van der Waals surface area (Å²) in [6.07, 6.45) is 8.29. The lowest BCUT2D eigenvalue weighted by Gasteiger charge is -2.27. The minimum atomic E-state index is -0.551. The van der Waals surface area contributed by atoms with E-state index in [1.54, 1.807) is 16.0 Å². The molecule has 12 heteroatoms. The molecular formula is C38H44N8O4. The van der Waals surface area contributed by atoms with E-state index in [2.05, 4.69) is 15.0 Å². The van der Waals surface area contributed by atoms with Crippen LogP contribution in [0.4, 0.5) is 9.59 Å². The third kappa shape index (κ3) is 7.05. The Morgan fingerprint density at radius 2 is 1.24 bits per heavy atom. The summed E-state index contributed by atoms with van der Waals surface area (Å²) in [6, 6.07) is 13.7. The molecule has 2 aliphatic rings. The molecule has 0 unspecified atom stereocenters. The minimum absolute atomic E-state index is 0.144. The molecule has 12 nitrogen and oxygen atoms in total. The predicted octanol–water partition coefficient (Wildman–Crippen LogP) is 8.22. The van der Waals surface area contributed by atoms with Gasteiger partial charge in [-0.05, 0) is 104 Å². The van der Waals surface area contributed by atoms with Crippen molar-refractivity contribution >= 4 is 23.2 Å². The van der Waals surface area contributed by atoms with Gasteiger partial charge < -0.3 is 19.4 Å². The topological polar surface area (TPSA) is 142 Å². The number of fused-ring (bicyclic) bond motifs is 1. The third-order valence-corrected chi connectivity index (χ3v) is 8.92. The van der Waals surface area contributed by atoms with Gasteiger partial charge in [0.15, 0.2) is 0 Å². The second-order valence-electron chi connectivity index (χ2n) is 15.1. The van der Waals surface area contributed by atoms with Crippen LogP contribution in [0.3, 0.4) is 0 Å². The second-order valence-corrected chi connectivity index (χ2v) is 15.1. The monoisotopic (exact) mass is 676 g/mol. The largest absolute Gasteiger partial charge is 0.444 e. The smallest absolute Gasteiger partial charge is 0.410 e. The van der Waals surface area contributed by atoms with Crippen molar-refractivity contribution in [1.82, 2.24) is 39.7 Å². The number of H-pyrrole nitrogens is 2. The molecule has 50 heavy (non-hydrogen) atoms. The number of rotatable bonds is 5. The summed E-state index contributed by atoms with van der Waals surface area (Å²) in [7, 11) is 0. The third-order valence-electron chi connectivity index (χ3n) is 8.92. The Balaban J connectivity index is 1.03. The minimum Gasteiger partial charge on any atom is -0.444 e. The van der Waals surface area contributed by atoms with Gasteiger partial charge in [0.05, 0.1) is 46.4 Å². The molecule has 0 saturated carbocycles. The molecule has 2 saturated heterocycles. The summed E-state index contributed by atoms with van der Waals surface area (Å²) in [6.45, 7) is 12.6. The Kier molecular flexibility index (Phi) is 8.57. The molecule has 7 rings (SSSR count). The summed E-state index contributed by atoms with van der Waals surface area (Å²) < 4.78 is 11.3. The Morgan fingerprint density at radius 1 is 0.680 bits per heavy atom. The molecule has 0 spiro atoms. The highest BCUT2D eigenvalue weighted by Crippen LogP contribution is 2.35. The fourth-order valence-electron chi connectivity index (χ4n) is 6.62. The molecule has 2 aliphatic heterocycles. The highest BCUT2D eigenvalue weighted by molar-refractivity contribution is 5.82. The molecule has 6 heterocycles. The Bertz CT molecular complexity index is 2000. The molecule has 260 valence electrons. The van der Waals surface area contributed by atoms with Crippen LogP contribution in [-0.4, -0.2) is 76.2 Å². The molecule has 2 amide bonds. The second kappa shape index (κ2) is 12.9. The van der Waals surface area contributed by atoms with Crippen molar-refractivity contribution in [1.29, 1.82) is 0 Å². The summed E-state index contributed by atoms with van der Waals surface area (Å²) in [5.74, 6) is 1.52. The number of hydrogen-bond donors (Lipinski definition) is 2. The number of carbonyl (C=O) groups excluding carboxylic acids is 2. The van der Waals surface area contributed by atoms with Gasteiger partial charge in [-0.3, -0.25) is 19.8 Å². The van der Waals surface area contributed by atoms with E-state index in [0.29, 0.717) is 13.1 Å². The average molecular weight is 677 g/mol. The highest BCUT2D eigenvalue weighted by Gasteiger charge is 2.36. The van der Waals surface area contributed by atoms with E-state index >= 15 is 0 Å². The number of amides is 2. The van der Waals surface area contributed by atoms with Crippen LogP contribution in [0.25, 0.3) is 44.8 Å². The van der Waals surface area contributed by atoms with Gasteiger partial charge in [0, 0.05) is 42.2 Å². The number of pyridine rings is 2. The van der Waals surface area contributed by atoms with Crippen molar-refractivity contribution in [3.8, 4) is 33.8 Å². The van der Waals surface area contributed by atoms with Crippen LogP contribution in [0.15, 0.2) is 61.1 Å². The Hall–Kier alpha value is -5.26. The van der Waals surface area contributed by atoms with Crippen LogP contribution >= 0.6 is 0 Å². The Labute approximate surface area is 291 Å². The van der Waals surface area contributed by atoms with Crippen LogP contribution < -0.4 is 0 Å². The fraction of sp³-hybridized carbons (Fsp3) is 0.421. The predicted molar refractivity (Wildman–Crippen MR) is 190 cm³/mol. The van der Waals surface area contributed by atoms with Crippen molar-refractivity contribution < 1.29 is 19.1 Å². The van der Waals surface area contributed by atoms with Gasteiger partial charge in [-0.15, -0.1) is 0 Å². The van der Waals surface area contributed by atoms with Crippen LogP contribution in [0.2, 0.25) is 0 Å². The van der Waals surface area contributed by atoms with E-state index < -0.39 is 11.2 Å². The van der Waals surface area contributed by atoms with E-state index in [0.717, 1.165) is 82.1 Å². The van der Waals surface area contributed by atoms with Gasteiger partial charge >= 0.3 is 12.2 Å². The SMILES string of the molecule is CC(C)(C)OC(=O)N1CCC[C@H]1c1ncc(-c2ccc(-c3ccc(-c4ccc5[nH]c([C@@H]6CCCN6C(=O)OC(C)(C)C)nc5c4)nc3)nc2)[nH]1. The lowest BCUT2D eigenvalue weighted by atomic mass is 10.1. The van der Waals surface area contributed by atoms with Gasteiger partial charge in [-0.2, -0.15) is 0 Å². The first-order valence-electron chi connectivity index (χ1n) is 17.3. The number of nitrogens with zero attached hydrogens (tertiary/aromatic N) is 6. The Morgan fingerprint density at radius 3 is 1.82 bits per heavy atom. The quantitative estimate of drug-likeness (QED) is 0.190. The molecule has 4 aromatic heterocycles. The molecule has 2 fully saturated rings. The van der Waals surface area contributed by atoms with Crippen molar-refractivity contribution in [2.45, 2.75) is 90.5 Å². The maximum absolute atomic E-state index is 12.8. The van der Waals surface area contributed by atoms with Gasteiger partial charge in [0.25, 0.3) is 0 Å². The molecule has 0 bridgehead atoms. The molecule has 0 aliphatic carbocycles. The first kappa shape index (κ1) is 33.2. The van der Waals surface area contributed by atoms with E-state index in [-0.39, 0.29) is 24.3 Å². The van der Waals surface area contributed by atoms with E-state index in [4.69, 9.17) is 24.4 Å². The van der Waals surface area contributed by atoms with Crippen molar-refractivity contribution in [2.75, 3.05) is 13.1 Å². The number of hydrogen-bond acceptors (Lipinski definition) is 8. The zero-order valence-corrected chi connectivity index (χ0v) is 29.5. The molecular weight excluding hydrogens is 632 g/mol. The lowest BCUT2D eigenvalue weighted by Crippen LogP contribution is -2.36. The van der Waals surface area contributed by atoms with Crippen LogP contribution in [0.1, 0.15) is 91.0 Å². The van der Waals surface area contributed by atoms with Crippen LogP contribution in [-0.2, 0) is 9.47 Å². The normalized spacial score (nSPS) is 18.2.